The smallest absolute Gasteiger partial charge is 0.309 e. The number of carbonyl (C=O) groups excluding carboxylic acids is 1. The minimum Gasteiger partial charge on any atom is -0.352 e. The second kappa shape index (κ2) is 8.49. The number of carbonyl (C=O) groups is 1. The highest BCUT2D eigenvalue weighted by atomic mass is 16.2. The molecule has 0 atom stereocenters. The fraction of sp³-hybridized carbons (Fsp3) is 0.125. The van der Waals surface area contributed by atoms with Crippen LogP contribution in [0, 0.1) is 0 Å². The van der Waals surface area contributed by atoms with Crippen LogP contribution < -0.4 is 11.5 Å². The lowest BCUT2D eigenvalue weighted by Gasteiger charge is -1.82. The van der Waals surface area contributed by atoms with Crippen molar-refractivity contribution in [3.8, 4) is 0 Å². The number of nitrogens with two attached hydrogens (primary N) is 2. The SMILES string of the molecule is C=CC(C=C)=CC.NC(N)=O. The molecule has 0 saturated carbocycles. The first-order valence-corrected chi connectivity index (χ1v) is 3.04. The highest BCUT2D eigenvalue weighted by Crippen LogP contribution is 1.92. The molecule has 0 unspecified atom stereocenters. The van der Waals surface area contributed by atoms with Gasteiger partial charge in [-0.1, -0.05) is 31.4 Å². The van der Waals surface area contributed by atoms with Gasteiger partial charge in [0.05, 0.1) is 0 Å². The molecule has 0 aromatic rings. The van der Waals surface area contributed by atoms with Crippen molar-refractivity contribution in [2.45, 2.75) is 6.92 Å². The van der Waals surface area contributed by atoms with Gasteiger partial charge < -0.3 is 11.5 Å². The number of primary amides is 2. The third-order valence-corrected chi connectivity index (χ3v) is 0.805. The Labute approximate surface area is 67.1 Å². The first-order valence-electron chi connectivity index (χ1n) is 3.04. The number of hydrogen-bond acceptors (Lipinski definition) is 1. The topological polar surface area (TPSA) is 69.1 Å². The fourth-order valence-electron chi connectivity index (χ4n) is 0.319. The van der Waals surface area contributed by atoms with Gasteiger partial charge in [0.25, 0.3) is 0 Å². The molecule has 0 aromatic carbocycles. The van der Waals surface area contributed by atoms with Gasteiger partial charge >= 0.3 is 6.03 Å². The molecule has 0 aromatic heterocycles. The minimum absolute atomic E-state index is 0.833. The van der Waals surface area contributed by atoms with Gasteiger partial charge in [0.2, 0.25) is 0 Å². The van der Waals surface area contributed by atoms with E-state index in [2.05, 4.69) is 24.6 Å². The van der Waals surface area contributed by atoms with Gasteiger partial charge in [-0.3, -0.25) is 0 Å². The normalized spacial score (nSPS) is 6.64. The average Bonchev–Trinajstić information content (AvgIpc) is 1.90. The molecule has 0 radical (unpaired) electrons. The molecule has 0 aliphatic heterocycles. The van der Waals surface area contributed by atoms with Crippen LogP contribution >= 0.6 is 0 Å². The Balaban J connectivity index is 0. The van der Waals surface area contributed by atoms with Gasteiger partial charge in [-0.25, -0.2) is 4.79 Å². The van der Waals surface area contributed by atoms with E-state index in [1.165, 1.54) is 0 Å². The summed E-state index contributed by atoms with van der Waals surface area (Å²) >= 11 is 0. The van der Waals surface area contributed by atoms with Crippen molar-refractivity contribution in [2.75, 3.05) is 0 Å². The zero-order chi connectivity index (χ0) is 9.28. The molecule has 11 heavy (non-hydrogen) atoms. The Kier molecular flexibility index (Phi) is 9.41. The highest BCUT2D eigenvalue weighted by Gasteiger charge is 1.72. The Morgan fingerprint density at radius 3 is 1.55 bits per heavy atom. The molecule has 0 spiro atoms. The largest absolute Gasteiger partial charge is 0.352 e. The number of rotatable bonds is 2. The van der Waals surface area contributed by atoms with Crippen molar-refractivity contribution < 1.29 is 4.79 Å². The van der Waals surface area contributed by atoms with Crippen LogP contribution in [0.1, 0.15) is 6.92 Å². The van der Waals surface area contributed by atoms with Gasteiger partial charge in [-0.2, -0.15) is 0 Å². The predicted octanol–water partition coefficient (Wildman–Crippen LogP) is 1.33. The van der Waals surface area contributed by atoms with Crippen LogP contribution in [0.25, 0.3) is 0 Å². The summed E-state index contributed by atoms with van der Waals surface area (Å²) in [5, 5.41) is 0. The summed E-state index contributed by atoms with van der Waals surface area (Å²) in [5.74, 6) is 0. The monoisotopic (exact) mass is 154 g/mol. The number of hydrogen-bond donors (Lipinski definition) is 2. The maximum atomic E-state index is 9.00. The molecular weight excluding hydrogens is 140 g/mol. The summed E-state index contributed by atoms with van der Waals surface area (Å²) in [6.07, 6.45) is 5.50. The lowest BCUT2D eigenvalue weighted by Crippen LogP contribution is -2.18. The molecule has 0 fully saturated rings. The highest BCUT2D eigenvalue weighted by molar-refractivity contribution is 5.69. The van der Waals surface area contributed by atoms with Crippen LogP contribution in [-0.4, -0.2) is 6.03 Å². The Bertz CT molecular complexity index is 157. The summed E-state index contributed by atoms with van der Waals surface area (Å²) in [6.45, 7) is 9.08. The Morgan fingerprint density at radius 1 is 1.27 bits per heavy atom. The van der Waals surface area contributed by atoms with Crippen LogP contribution in [0.5, 0.6) is 0 Å². The van der Waals surface area contributed by atoms with Crippen molar-refractivity contribution >= 4 is 6.03 Å². The van der Waals surface area contributed by atoms with Crippen molar-refractivity contribution in [1.82, 2.24) is 0 Å². The van der Waals surface area contributed by atoms with Gasteiger partial charge in [0.15, 0.2) is 0 Å². The molecule has 2 amide bonds. The van der Waals surface area contributed by atoms with E-state index in [0.717, 1.165) is 5.57 Å². The molecule has 0 heterocycles. The van der Waals surface area contributed by atoms with Crippen LogP contribution in [-0.2, 0) is 0 Å². The van der Waals surface area contributed by atoms with Crippen molar-refractivity contribution in [2.24, 2.45) is 11.5 Å². The van der Waals surface area contributed by atoms with E-state index in [1.54, 1.807) is 12.2 Å². The van der Waals surface area contributed by atoms with Crippen LogP contribution in [0.2, 0.25) is 0 Å². The van der Waals surface area contributed by atoms with Gasteiger partial charge in [0, 0.05) is 0 Å². The van der Waals surface area contributed by atoms with E-state index in [1.807, 2.05) is 13.0 Å². The second-order valence-corrected chi connectivity index (χ2v) is 1.60. The van der Waals surface area contributed by atoms with E-state index in [0.29, 0.717) is 0 Å². The van der Waals surface area contributed by atoms with Gasteiger partial charge in [0.1, 0.15) is 0 Å². The molecule has 3 nitrogen and oxygen atoms in total. The first kappa shape index (κ1) is 12.2. The average molecular weight is 154 g/mol. The molecule has 0 bridgehead atoms. The third kappa shape index (κ3) is 17.7. The second-order valence-electron chi connectivity index (χ2n) is 1.60. The predicted molar refractivity (Wildman–Crippen MR) is 47.9 cm³/mol. The lowest BCUT2D eigenvalue weighted by molar-refractivity contribution is 0.256. The fourth-order valence-corrected chi connectivity index (χ4v) is 0.319. The molecular formula is C8H14N2O. The first-order chi connectivity index (χ1) is 5.08. The van der Waals surface area contributed by atoms with E-state index >= 15 is 0 Å². The molecule has 0 aliphatic rings. The van der Waals surface area contributed by atoms with Gasteiger partial charge in [-0.15, -0.1) is 0 Å². The molecule has 62 valence electrons. The number of amides is 2. The van der Waals surface area contributed by atoms with Crippen molar-refractivity contribution in [1.29, 1.82) is 0 Å². The minimum atomic E-state index is -0.833. The quantitative estimate of drug-likeness (QED) is 0.579. The van der Waals surface area contributed by atoms with E-state index < -0.39 is 6.03 Å². The Hall–Kier alpha value is -1.51. The van der Waals surface area contributed by atoms with Crippen molar-refractivity contribution in [3.05, 3.63) is 37.0 Å². The van der Waals surface area contributed by atoms with Gasteiger partial charge in [-0.05, 0) is 12.5 Å². The molecule has 0 aliphatic carbocycles. The zero-order valence-electron chi connectivity index (χ0n) is 6.71. The maximum absolute atomic E-state index is 9.00. The van der Waals surface area contributed by atoms with E-state index in [9.17, 15) is 0 Å². The lowest BCUT2D eigenvalue weighted by atomic mass is 10.2. The summed E-state index contributed by atoms with van der Waals surface area (Å²) in [6, 6.07) is -0.833. The summed E-state index contributed by atoms with van der Waals surface area (Å²) in [5.41, 5.74) is 9.58. The van der Waals surface area contributed by atoms with E-state index in [4.69, 9.17) is 4.79 Å². The molecule has 0 saturated heterocycles. The zero-order valence-corrected chi connectivity index (χ0v) is 6.71. The van der Waals surface area contributed by atoms with Crippen LogP contribution in [0.4, 0.5) is 4.79 Å². The summed E-state index contributed by atoms with van der Waals surface area (Å²) in [7, 11) is 0. The number of urea groups is 1. The molecule has 4 N–H and O–H groups in total. The maximum Gasteiger partial charge on any atom is 0.309 e. The van der Waals surface area contributed by atoms with Crippen molar-refractivity contribution in [3.63, 3.8) is 0 Å². The summed E-state index contributed by atoms with van der Waals surface area (Å²) < 4.78 is 0. The third-order valence-electron chi connectivity index (χ3n) is 0.805. The molecule has 3 heteroatoms. The van der Waals surface area contributed by atoms with E-state index in [-0.39, 0.29) is 0 Å². The number of allylic oxidation sites excluding steroid dienone is 4. The molecule has 0 rings (SSSR count). The standard InChI is InChI=1S/C7H10.CH4N2O/c1-4-7(5-2)6-3;2-1(3)4/h4-6H,1-2H2,3H3;(H4,2,3,4). The Morgan fingerprint density at radius 2 is 1.55 bits per heavy atom. The van der Waals surface area contributed by atoms with Crippen LogP contribution in [0.3, 0.4) is 0 Å². The summed E-state index contributed by atoms with van der Waals surface area (Å²) in [4.78, 5) is 9.00. The van der Waals surface area contributed by atoms with Crippen LogP contribution in [0.15, 0.2) is 37.0 Å².